The molecule has 2 aromatic rings. The third-order valence-corrected chi connectivity index (χ3v) is 4.71. The van der Waals surface area contributed by atoms with Crippen molar-refractivity contribution in [3.8, 4) is 0 Å². The molecule has 4 amide bonds. The summed E-state index contributed by atoms with van der Waals surface area (Å²) < 4.78 is 0. The number of carbonyl (C=O) groups excluding carboxylic acids is 3. The standard InChI is InChI=1S/C18H16N2O3S/c1-10-6-11(2)8-13(7-10)20-17(22)14(16(21)19-18(20)23)9-15-12(3)4-5-24-15/h4-9H,1-3H3,(H,19,21,23)/b14-9+. The minimum atomic E-state index is -0.727. The minimum absolute atomic E-state index is 0.0423. The lowest BCUT2D eigenvalue weighted by Gasteiger charge is -2.26. The number of nitrogens with one attached hydrogen (secondary N) is 1. The van der Waals surface area contributed by atoms with Gasteiger partial charge < -0.3 is 0 Å². The first-order chi connectivity index (χ1) is 11.4. The number of benzene rings is 1. The van der Waals surface area contributed by atoms with Crippen LogP contribution in [0.1, 0.15) is 21.6 Å². The maximum atomic E-state index is 12.8. The number of anilines is 1. The normalized spacial score (nSPS) is 16.7. The Morgan fingerprint density at radius 2 is 1.71 bits per heavy atom. The van der Waals surface area contributed by atoms with E-state index < -0.39 is 17.8 Å². The summed E-state index contributed by atoms with van der Waals surface area (Å²) in [5, 5.41) is 4.13. The monoisotopic (exact) mass is 340 g/mol. The third kappa shape index (κ3) is 2.88. The fourth-order valence-corrected chi connectivity index (χ4v) is 3.49. The molecule has 5 nitrogen and oxygen atoms in total. The van der Waals surface area contributed by atoms with Crippen molar-refractivity contribution in [2.75, 3.05) is 4.90 Å². The second-order valence-corrected chi connectivity index (χ2v) is 6.72. The van der Waals surface area contributed by atoms with E-state index in [0.717, 1.165) is 26.5 Å². The highest BCUT2D eigenvalue weighted by Crippen LogP contribution is 2.26. The Morgan fingerprint density at radius 3 is 2.29 bits per heavy atom. The van der Waals surface area contributed by atoms with Crippen LogP contribution in [-0.4, -0.2) is 17.8 Å². The van der Waals surface area contributed by atoms with Gasteiger partial charge in [-0.1, -0.05) is 6.07 Å². The summed E-state index contributed by atoms with van der Waals surface area (Å²) in [6.45, 7) is 5.68. The van der Waals surface area contributed by atoms with Crippen molar-refractivity contribution >= 4 is 40.9 Å². The molecule has 0 bridgehead atoms. The van der Waals surface area contributed by atoms with Crippen LogP contribution in [-0.2, 0) is 9.59 Å². The van der Waals surface area contributed by atoms with E-state index in [1.165, 1.54) is 11.3 Å². The van der Waals surface area contributed by atoms with Crippen LogP contribution in [0.3, 0.4) is 0 Å². The van der Waals surface area contributed by atoms with Gasteiger partial charge in [0.25, 0.3) is 11.8 Å². The Hall–Kier alpha value is -2.73. The number of nitrogens with zero attached hydrogens (tertiary/aromatic N) is 1. The lowest BCUT2D eigenvalue weighted by molar-refractivity contribution is -0.122. The van der Waals surface area contributed by atoms with Gasteiger partial charge in [-0.15, -0.1) is 11.3 Å². The van der Waals surface area contributed by atoms with E-state index in [2.05, 4.69) is 5.32 Å². The molecule has 0 radical (unpaired) electrons. The van der Waals surface area contributed by atoms with Crippen molar-refractivity contribution in [3.05, 3.63) is 56.8 Å². The number of carbonyl (C=O) groups is 3. The largest absolute Gasteiger partial charge is 0.335 e. The van der Waals surface area contributed by atoms with Crippen molar-refractivity contribution in [1.82, 2.24) is 5.32 Å². The number of aryl methyl sites for hydroxylation is 3. The van der Waals surface area contributed by atoms with Crippen LogP contribution >= 0.6 is 11.3 Å². The maximum Gasteiger partial charge on any atom is 0.335 e. The highest BCUT2D eigenvalue weighted by atomic mass is 32.1. The van der Waals surface area contributed by atoms with Crippen molar-refractivity contribution in [3.63, 3.8) is 0 Å². The highest BCUT2D eigenvalue weighted by molar-refractivity contribution is 7.11. The number of urea groups is 1. The van der Waals surface area contributed by atoms with Crippen LogP contribution < -0.4 is 10.2 Å². The second kappa shape index (κ2) is 6.05. The van der Waals surface area contributed by atoms with Crippen LogP contribution in [0, 0.1) is 20.8 Å². The lowest BCUT2D eigenvalue weighted by atomic mass is 10.1. The molecule has 1 saturated heterocycles. The topological polar surface area (TPSA) is 66.5 Å². The first-order valence-corrected chi connectivity index (χ1v) is 8.28. The zero-order chi connectivity index (χ0) is 17.4. The Balaban J connectivity index is 2.06. The van der Waals surface area contributed by atoms with Gasteiger partial charge in [0.05, 0.1) is 5.69 Å². The van der Waals surface area contributed by atoms with Gasteiger partial charge in [0.15, 0.2) is 0 Å². The second-order valence-electron chi connectivity index (χ2n) is 5.77. The molecule has 1 N–H and O–H groups in total. The molecule has 0 atom stereocenters. The molecular formula is C18H16N2O3S. The quantitative estimate of drug-likeness (QED) is 0.673. The van der Waals surface area contributed by atoms with Gasteiger partial charge >= 0.3 is 6.03 Å². The van der Waals surface area contributed by atoms with Crippen LogP contribution in [0.2, 0.25) is 0 Å². The molecular weight excluding hydrogens is 324 g/mol. The van der Waals surface area contributed by atoms with E-state index in [9.17, 15) is 14.4 Å². The summed E-state index contributed by atoms with van der Waals surface area (Å²) in [6, 6.07) is 6.62. The Kier molecular flexibility index (Phi) is 4.07. The number of amides is 4. The van der Waals surface area contributed by atoms with Gasteiger partial charge in [-0.2, -0.15) is 0 Å². The molecule has 0 unspecified atom stereocenters. The summed E-state index contributed by atoms with van der Waals surface area (Å²) in [4.78, 5) is 38.9. The molecule has 0 aliphatic carbocycles. The van der Waals surface area contributed by atoms with E-state index >= 15 is 0 Å². The number of thiophene rings is 1. The van der Waals surface area contributed by atoms with Crippen LogP contribution in [0.25, 0.3) is 6.08 Å². The van der Waals surface area contributed by atoms with Gasteiger partial charge in [-0.05, 0) is 67.1 Å². The molecule has 1 aromatic heterocycles. The molecule has 1 fully saturated rings. The van der Waals surface area contributed by atoms with E-state index in [-0.39, 0.29) is 5.57 Å². The summed E-state index contributed by atoms with van der Waals surface area (Å²) in [7, 11) is 0. The molecule has 1 aromatic carbocycles. The number of rotatable bonds is 2. The predicted octanol–water partition coefficient (Wildman–Crippen LogP) is 3.34. The highest BCUT2D eigenvalue weighted by Gasteiger charge is 2.37. The van der Waals surface area contributed by atoms with Gasteiger partial charge in [0, 0.05) is 4.88 Å². The SMILES string of the molecule is Cc1cc(C)cc(N2C(=O)NC(=O)/C(=C\c3sccc3C)C2=O)c1. The van der Waals surface area contributed by atoms with E-state index in [4.69, 9.17) is 0 Å². The average molecular weight is 340 g/mol. The summed E-state index contributed by atoms with van der Waals surface area (Å²) in [5.41, 5.74) is 3.25. The molecule has 2 heterocycles. The van der Waals surface area contributed by atoms with Crippen molar-refractivity contribution in [2.45, 2.75) is 20.8 Å². The summed E-state index contributed by atoms with van der Waals surface area (Å²) >= 11 is 1.44. The van der Waals surface area contributed by atoms with Gasteiger partial charge in [0.2, 0.25) is 0 Å². The van der Waals surface area contributed by atoms with Crippen LogP contribution in [0.5, 0.6) is 0 Å². The minimum Gasteiger partial charge on any atom is -0.273 e. The molecule has 1 aliphatic rings. The molecule has 24 heavy (non-hydrogen) atoms. The van der Waals surface area contributed by atoms with Crippen molar-refractivity contribution in [2.24, 2.45) is 0 Å². The summed E-state index contributed by atoms with van der Waals surface area (Å²) in [5.74, 6) is -1.28. The van der Waals surface area contributed by atoms with Crippen LogP contribution in [0.15, 0.2) is 35.2 Å². The number of imide groups is 2. The Bertz CT molecular complexity index is 875. The van der Waals surface area contributed by atoms with Crippen molar-refractivity contribution in [1.29, 1.82) is 0 Å². The summed E-state index contributed by atoms with van der Waals surface area (Å²) in [6.07, 6.45) is 1.54. The first-order valence-electron chi connectivity index (χ1n) is 7.40. The zero-order valence-corrected chi connectivity index (χ0v) is 14.4. The molecule has 122 valence electrons. The molecule has 0 saturated carbocycles. The molecule has 6 heteroatoms. The fourth-order valence-electron chi connectivity index (χ4n) is 2.64. The van der Waals surface area contributed by atoms with Gasteiger partial charge in [0.1, 0.15) is 5.57 Å². The molecule has 0 spiro atoms. The Morgan fingerprint density at radius 1 is 1.04 bits per heavy atom. The third-order valence-electron chi connectivity index (χ3n) is 3.74. The number of barbiturate groups is 1. The predicted molar refractivity (Wildman–Crippen MR) is 94.0 cm³/mol. The lowest BCUT2D eigenvalue weighted by Crippen LogP contribution is -2.54. The van der Waals surface area contributed by atoms with Gasteiger partial charge in [-0.3, -0.25) is 14.9 Å². The van der Waals surface area contributed by atoms with E-state index in [1.807, 2.05) is 38.3 Å². The molecule has 1 aliphatic heterocycles. The van der Waals surface area contributed by atoms with E-state index in [1.54, 1.807) is 18.2 Å². The average Bonchev–Trinajstić information content (AvgIpc) is 2.87. The van der Waals surface area contributed by atoms with E-state index in [0.29, 0.717) is 5.69 Å². The molecule has 3 rings (SSSR count). The smallest absolute Gasteiger partial charge is 0.273 e. The number of hydrogen-bond acceptors (Lipinski definition) is 4. The van der Waals surface area contributed by atoms with Crippen LogP contribution in [0.4, 0.5) is 10.5 Å². The maximum absolute atomic E-state index is 12.8. The zero-order valence-electron chi connectivity index (χ0n) is 13.5. The number of hydrogen-bond donors (Lipinski definition) is 1. The Labute approximate surface area is 143 Å². The fraction of sp³-hybridized carbons (Fsp3) is 0.167. The van der Waals surface area contributed by atoms with Gasteiger partial charge in [-0.25, -0.2) is 9.69 Å². The van der Waals surface area contributed by atoms with Crippen molar-refractivity contribution < 1.29 is 14.4 Å². The first kappa shape index (κ1) is 16.1.